The van der Waals surface area contributed by atoms with E-state index in [1.54, 1.807) is 0 Å². The molecule has 0 radical (unpaired) electrons. The molecule has 0 aromatic heterocycles. The van der Waals surface area contributed by atoms with E-state index >= 15 is 0 Å². The zero-order valence-electron chi connectivity index (χ0n) is 12.5. The second-order valence-corrected chi connectivity index (χ2v) is 4.71. The van der Waals surface area contributed by atoms with Gasteiger partial charge in [0, 0.05) is 32.3 Å². The predicted molar refractivity (Wildman–Crippen MR) is 76.9 cm³/mol. The van der Waals surface area contributed by atoms with Crippen molar-refractivity contribution in [2.24, 2.45) is 5.73 Å². The summed E-state index contributed by atoms with van der Waals surface area (Å²) < 4.78 is 10.8. The van der Waals surface area contributed by atoms with Crippen LogP contribution in [0.1, 0.15) is 40.0 Å². The Labute approximate surface area is 113 Å². The topological polar surface area (TPSA) is 47.7 Å². The van der Waals surface area contributed by atoms with E-state index < -0.39 is 0 Å². The third kappa shape index (κ3) is 12.3. The smallest absolute Gasteiger partial charge is 0.0593 e. The van der Waals surface area contributed by atoms with Crippen molar-refractivity contribution in [2.45, 2.75) is 46.1 Å². The monoisotopic (exact) mass is 260 g/mol. The zero-order valence-corrected chi connectivity index (χ0v) is 12.5. The molecule has 0 aliphatic heterocycles. The van der Waals surface area contributed by atoms with Crippen molar-refractivity contribution in [3.8, 4) is 0 Å². The van der Waals surface area contributed by atoms with Gasteiger partial charge in [0.1, 0.15) is 0 Å². The van der Waals surface area contributed by atoms with Gasteiger partial charge in [0.15, 0.2) is 0 Å². The maximum atomic E-state index is 5.75. The van der Waals surface area contributed by atoms with Crippen LogP contribution in [0.3, 0.4) is 0 Å². The highest BCUT2D eigenvalue weighted by Gasteiger charge is 2.05. The van der Waals surface area contributed by atoms with Gasteiger partial charge in [-0.25, -0.2) is 0 Å². The van der Waals surface area contributed by atoms with Gasteiger partial charge >= 0.3 is 0 Å². The van der Waals surface area contributed by atoms with E-state index in [2.05, 4.69) is 11.8 Å². The van der Waals surface area contributed by atoms with Crippen LogP contribution in [0.5, 0.6) is 0 Å². The molecular formula is C14H32N2O2. The van der Waals surface area contributed by atoms with Crippen LogP contribution < -0.4 is 5.73 Å². The summed E-state index contributed by atoms with van der Waals surface area (Å²) in [4.78, 5) is 2.42. The lowest BCUT2D eigenvalue weighted by molar-refractivity contribution is 0.0820. The number of hydrogen-bond donors (Lipinski definition) is 1. The average Bonchev–Trinajstić information content (AvgIpc) is 2.34. The van der Waals surface area contributed by atoms with Crippen LogP contribution in [-0.2, 0) is 9.47 Å². The standard InChI is InChI=1S/C14H32N2O2/c1-4-17-12-10-16(11-13-18-5-2)9-7-6-8-14(3)15/h14H,4-13,15H2,1-3H3. The van der Waals surface area contributed by atoms with Crippen molar-refractivity contribution in [2.75, 3.05) is 46.1 Å². The van der Waals surface area contributed by atoms with Crippen molar-refractivity contribution in [3.63, 3.8) is 0 Å². The van der Waals surface area contributed by atoms with Gasteiger partial charge in [0.2, 0.25) is 0 Å². The maximum absolute atomic E-state index is 5.75. The van der Waals surface area contributed by atoms with Gasteiger partial charge in [0.25, 0.3) is 0 Å². The summed E-state index contributed by atoms with van der Waals surface area (Å²) in [5, 5.41) is 0. The molecule has 0 spiro atoms. The maximum Gasteiger partial charge on any atom is 0.0593 e. The molecule has 0 heterocycles. The van der Waals surface area contributed by atoms with Gasteiger partial charge in [-0.1, -0.05) is 6.42 Å². The van der Waals surface area contributed by atoms with Crippen LogP contribution in [0, 0.1) is 0 Å². The highest BCUT2D eigenvalue weighted by Crippen LogP contribution is 2.01. The van der Waals surface area contributed by atoms with Gasteiger partial charge in [-0.2, -0.15) is 0 Å². The zero-order chi connectivity index (χ0) is 13.6. The number of hydrogen-bond acceptors (Lipinski definition) is 4. The lowest BCUT2D eigenvalue weighted by atomic mass is 10.1. The summed E-state index contributed by atoms with van der Waals surface area (Å²) >= 11 is 0. The first-order valence-electron chi connectivity index (χ1n) is 7.34. The molecule has 0 aliphatic carbocycles. The molecular weight excluding hydrogens is 228 g/mol. The van der Waals surface area contributed by atoms with Crippen LogP contribution in [0.15, 0.2) is 0 Å². The van der Waals surface area contributed by atoms with Crippen molar-refractivity contribution in [1.29, 1.82) is 0 Å². The quantitative estimate of drug-likeness (QED) is 0.514. The van der Waals surface area contributed by atoms with Crippen molar-refractivity contribution in [3.05, 3.63) is 0 Å². The normalized spacial score (nSPS) is 13.2. The van der Waals surface area contributed by atoms with Crippen LogP contribution >= 0.6 is 0 Å². The van der Waals surface area contributed by atoms with Crippen LogP contribution in [0.25, 0.3) is 0 Å². The van der Waals surface area contributed by atoms with Crippen LogP contribution in [-0.4, -0.2) is 57.0 Å². The third-order valence-corrected chi connectivity index (χ3v) is 2.90. The molecule has 0 saturated heterocycles. The molecule has 110 valence electrons. The van der Waals surface area contributed by atoms with Crippen molar-refractivity contribution < 1.29 is 9.47 Å². The Kier molecular flexibility index (Phi) is 13.2. The second kappa shape index (κ2) is 13.3. The molecule has 4 heteroatoms. The van der Waals surface area contributed by atoms with E-state index in [0.717, 1.165) is 52.5 Å². The Bertz CT molecular complexity index is 156. The Morgan fingerprint density at radius 1 is 0.944 bits per heavy atom. The van der Waals surface area contributed by atoms with E-state index in [9.17, 15) is 0 Å². The molecule has 2 N–H and O–H groups in total. The van der Waals surface area contributed by atoms with Gasteiger partial charge in [0.05, 0.1) is 13.2 Å². The van der Waals surface area contributed by atoms with E-state index in [1.807, 2.05) is 13.8 Å². The van der Waals surface area contributed by atoms with Gasteiger partial charge in [-0.05, 0) is 40.2 Å². The second-order valence-electron chi connectivity index (χ2n) is 4.71. The molecule has 0 bridgehead atoms. The number of unbranched alkanes of at least 4 members (excludes halogenated alkanes) is 1. The fraction of sp³-hybridized carbons (Fsp3) is 1.00. The minimum Gasteiger partial charge on any atom is -0.380 e. The molecule has 0 rings (SSSR count). The third-order valence-electron chi connectivity index (χ3n) is 2.90. The van der Waals surface area contributed by atoms with Crippen molar-refractivity contribution >= 4 is 0 Å². The SMILES string of the molecule is CCOCCN(CCCCC(C)N)CCOCC. The largest absolute Gasteiger partial charge is 0.380 e. The molecule has 0 amide bonds. The molecule has 0 aliphatic rings. The Hall–Kier alpha value is -0.160. The molecule has 1 unspecified atom stereocenters. The molecule has 0 aromatic carbocycles. The first kappa shape index (κ1) is 17.8. The molecule has 1 atom stereocenters. The summed E-state index contributed by atoms with van der Waals surface area (Å²) in [6, 6.07) is 0.324. The Balaban J connectivity index is 3.66. The van der Waals surface area contributed by atoms with E-state index in [4.69, 9.17) is 15.2 Å². The van der Waals surface area contributed by atoms with Crippen LogP contribution in [0.4, 0.5) is 0 Å². The number of rotatable bonds is 13. The molecule has 0 saturated carbocycles. The fourth-order valence-corrected chi connectivity index (χ4v) is 1.81. The van der Waals surface area contributed by atoms with Gasteiger partial charge in [-0.15, -0.1) is 0 Å². The lowest BCUT2D eigenvalue weighted by Crippen LogP contribution is -2.32. The first-order chi connectivity index (χ1) is 8.70. The average molecular weight is 260 g/mol. The number of nitrogens with two attached hydrogens (primary N) is 1. The molecule has 0 fully saturated rings. The summed E-state index contributed by atoms with van der Waals surface area (Å²) in [6.07, 6.45) is 3.53. The fourth-order valence-electron chi connectivity index (χ4n) is 1.81. The highest BCUT2D eigenvalue weighted by molar-refractivity contribution is 4.60. The van der Waals surface area contributed by atoms with E-state index in [0.29, 0.717) is 6.04 Å². The number of ether oxygens (including phenoxy) is 2. The van der Waals surface area contributed by atoms with Gasteiger partial charge < -0.3 is 15.2 Å². The summed E-state index contributed by atoms with van der Waals surface area (Å²) in [7, 11) is 0. The molecule has 4 nitrogen and oxygen atoms in total. The minimum atomic E-state index is 0.324. The minimum absolute atomic E-state index is 0.324. The summed E-state index contributed by atoms with van der Waals surface area (Å²) in [5.74, 6) is 0. The van der Waals surface area contributed by atoms with Crippen molar-refractivity contribution in [1.82, 2.24) is 4.90 Å². The van der Waals surface area contributed by atoms with E-state index in [-0.39, 0.29) is 0 Å². The lowest BCUT2D eigenvalue weighted by Gasteiger charge is -2.22. The predicted octanol–water partition coefficient (Wildman–Crippen LogP) is 1.88. The Morgan fingerprint density at radius 2 is 1.50 bits per heavy atom. The number of nitrogens with zero attached hydrogens (tertiary/aromatic N) is 1. The molecule has 18 heavy (non-hydrogen) atoms. The summed E-state index contributed by atoms with van der Waals surface area (Å²) in [5.41, 5.74) is 5.75. The van der Waals surface area contributed by atoms with Gasteiger partial charge in [-0.3, -0.25) is 4.90 Å². The Morgan fingerprint density at radius 3 is 1.94 bits per heavy atom. The summed E-state index contributed by atoms with van der Waals surface area (Å²) in [6.45, 7) is 12.5. The first-order valence-corrected chi connectivity index (χ1v) is 7.34. The molecule has 0 aromatic rings. The van der Waals surface area contributed by atoms with Crippen LogP contribution in [0.2, 0.25) is 0 Å². The van der Waals surface area contributed by atoms with E-state index in [1.165, 1.54) is 12.8 Å². The highest BCUT2D eigenvalue weighted by atomic mass is 16.5.